The first-order chi connectivity index (χ1) is 20.2. The minimum Gasteiger partial charge on any atom is -0.481 e. The lowest BCUT2D eigenvalue weighted by Crippen LogP contribution is -2.42. The summed E-state index contributed by atoms with van der Waals surface area (Å²) in [6.45, 7) is 7.41. The lowest BCUT2D eigenvalue weighted by Gasteiger charge is -2.39. The third-order valence-electron chi connectivity index (χ3n) is 8.67. The molecule has 3 N–H and O–H groups in total. The maximum atomic E-state index is 13.1. The molecule has 1 saturated heterocycles. The van der Waals surface area contributed by atoms with Gasteiger partial charge >= 0.3 is 18.4 Å². The van der Waals surface area contributed by atoms with E-state index in [1.165, 1.54) is 12.1 Å². The minimum atomic E-state index is -4.81. The van der Waals surface area contributed by atoms with Crippen molar-refractivity contribution in [3.05, 3.63) is 59.7 Å². The molecule has 2 aromatic rings. The number of benzene rings is 2. The van der Waals surface area contributed by atoms with Gasteiger partial charge in [-0.1, -0.05) is 32.9 Å². The molecule has 2 fully saturated rings. The summed E-state index contributed by atoms with van der Waals surface area (Å²) in [6, 6.07) is 11.2. The number of amides is 3. The Labute approximate surface area is 250 Å². The maximum absolute atomic E-state index is 13.1. The van der Waals surface area contributed by atoms with Gasteiger partial charge in [0.1, 0.15) is 5.75 Å². The van der Waals surface area contributed by atoms with Crippen LogP contribution < -0.4 is 15.4 Å². The summed E-state index contributed by atoms with van der Waals surface area (Å²) in [5.41, 5.74) is 1.78. The van der Waals surface area contributed by atoms with Gasteiger partial charge in [-0.25, -0.2) is 4.79 Å². The fraction of sp³-hybridized carbons (Fsp3) is 0.531. The van der Waals surface area contributed by atoms with E-state index in [1.807, 2.05) is 12.1 Å². The largest absolute Gasteiger partial charge is 0.573 e. The first-order valence-electron chi connectivity index (χ1n) is 14.7. The van der Waals surface area contributed by atoms with Gasteiger partial charge in [0.05, 0.1) is 12.0 Å². The standard InChI is InChI=1S/C32H40F3N3O5/c1-31(2,3)24-12-10-21(11-13-24)27(37-30(42)36-25-14-16-26(17-15-25)43-32(33,34)35)20-6-8-22(9-7-20)28(39)38-18-4-5-23(19-38)29(40)41/h6-9,14-17,21,23-24,27H,4-5,10-13,18-19H2,1-3H3,(H,40,41)(H2,36,37,42). The molecule has 3 amide bonds. The van der Waals surface area contributed by atoms with Crippen LogP contribution in [0, 0.1) is 23.2 Å². The van der Waals surface area contributed by atoms with Gasteiger partial charge in [0.25, 0.3) is 5.91 Å². The van der Waals surface area contributed by atoms with E-state index in [9.17, 15) is 32.7 Å². The number of hydrogen-bond acceptors (Lipinski definition) is 4. The maximum Gasteiger partial charge on any atom is 0.573 e. The molecule has 234 valence electrons. The molecular formula is C32H40F3N3O5. The molecule has 0 spiro atoms. The van der Waals surface area contributed by atoms with Gasteiger partial charge in [0.2, 0.25) is 0 Å². The zero-order chi connectivity index (χ0) is 31.4. The molecule has 4 rings (SSSR count). The van der Waals surface area contributed by atoms with Gasteiger partial charge in [-0.2, -0.15) is 0 Å². The zero-order valence-corrected chi connectivity index (χ0v) is 24.7. The lowest BCUT2D eigenvalue weighted by atomic mass is 9.68. The van der Waals surface area contributed by atoms with Crippen molar-refractivity contribution in [3.8, 4) is 5.75 Å². The van der Waals surface area contributed by atoms with E-state index in [-0.39, 0.29) is 35.6 Å². The SMILES string of the molecule is CC(C)(C)C1CCC(C(NC(=O)Nc2ccc(OC(F)(F)F)cc2)c2ccc(C(=O)N3CCCC(C(=O)O)C3)cc2)CC1. The van der Waals surface area contributed by atoms with E-state index < -0.39 is 24.3 Å². The first kappa shape index (κ1) is 32.2. The molecule has 1 aliphatic carbocycles. The van der Waals surface area contributed by atoms with E-state index in [0.717, 1.165) is 43.4 Å². The molecule has 2 atom stereocenters. The van der Waals surface area contributed by atoms with Crippen molar-refractivity contribution in [2.45, 2.75) is 71.7 Å². The van der Waals surface area contributed by atoms with Crippen LogP contribution in [0.4, 0.5) is 23.7 Å². The molecule has 0 aromatic heterocycles. The number of carbonyl (C=O) groups is 3. The van der Waals surface area contributed by atoms with E-state index in [2.05, 4.69) is 36.1 Å². The van der Waals surface area contributed by atoms with Crippen molar-refractivity contribution in [1.82, 2.24) is 10.2 Å². The summed E-state index contributed by atoms with van der Waals surface area (Å²) in [5.74, 6) is -1.36. The summed E-state index contributed by atoms with van der Waals surface area (Å²) in [6.07, 6.45) is 0.229. The highest BCUT2D eigenvalue weighted by molar-refractivity contribution is 5.94. The second kappa shape index (κ2) is 13.3. The number of hydrogen-bond donors (Lipinski definition) is 3. The lowest BCUT2D eigenvalue weighted by molar-refractivity contribution is -0.274. The highest BCUT2D eigenvalue weighted by Crippen LogP contribution is 2.43. The quantitative estimate of drug-likeness (QED) is 0.309. The number of anilines is 1. The molecule has 1 saturated carbocycles. The molecule has 43 heavy (non-hydrogen) atoms. The van der Waals surface area contributed by atoms with E-state index in [0.29, 0.717) is 36.6 Å². The van der Waals surface area contributed by atoms with E-state index in [4.69, 9.17) is 0 Å². The van der Waals surface area contributed by atoms with Gasteiger partial charge in [-0.05, 0) is 97.7 Å². The number of halogens is 3. The molecule has 1 heterocycles. The molecule has 8 nitrogen and oxygen atoms in total. The van der Waals surface area contributed by atoms with Crippen LogP contribution in [-0.2, 0) is 4.79 Å². The Bertz CT molecular complexity index is 1270. The van der Waals surface area contributed by atoms with Crippen molar-refractivity contribution in [3.63, 3.8) is 0 Å². The predicted molar refractivity (Wildman–Crippen MR) is 156 cm³/mol. The third kappa shape index (κ3) is 8.87. The highest BCUT2D eigenvalue weighted by atomic mass is 19.4. The van der Waals surface area contributed by atoms with Gasteiger partial charge in [-0.3, -0.25) is 9.59 Å². The van der Waals surface area contributed by atoms with Crippen molar-refractivity contribution in [2.75, 3.05) is 18.4 Å². The molecular weight excluding hydrogens is 563 g/mol. The van der Waals surface area contributed by atoms with Crippen molar-refractivity contribution >= 4 is 23.6 Å². The Morgan fingerprint density at radius 3 is 2.12 bits per heavy atom. The van der Waals surface area contributed by atoms with Crippen LogP contribution >= 0.6 is 0 Å². The fourth-order valence-corrected chi connectivity index (χ4v) is 6.22. The average molecular weight is 604 g/mol. The predicted octanol–water partition coefficient (Wildman–Crippen LogP) is 7.24. The number of likely N-dealkylation sites (tertiary alicyclic amines) is 1. The summed E-state index contributed by atoms with van der Waals surface area (Å²) in [5, 5.41) is 15.1. The van der Waals surface area contributed by atoms with Crippen LogP contribution in [0.15, 0.2) is 48.5 Å². The smallest absolute Gasteiger partial charge is 0.481 e. The number of carbonyl (C=O) groups excluding carboxylic acids is 2. The number of piperidine rings is 1. The summed E-state index contributed by atoms with van der Waals surface area (Å²) >= 11 is 0. The number of ether oxygens (including phenoxy) is 1. The fourth-order valence-electron chi connectivity index (χ4n) is 6.22. The Balaban J connectivity index is 1.48. The van der Waals surface area contributed by atoms with Gasteiger partial charge in [0, 0.05) is 24.3 Å². The van der Waals surface area contributed by atoms with Crippen LogP contribution in [0.1, 0.15) is 81.3 Å². The monoisotopic (exact) mass is 603 g/mol. The van der Waals surface area contributed by atoms with Gasteiger partial charge in [-0.15, -0.1) is 13.2 Å². The summed E-state index contributed by atoms with van der Waals surface area (Å²) in [7, 11) is 0. The normalized spacial score (nSPS) is 21.9. The number of alkyl halides is 3. The van der Waals surface area contributed by atoms with Crippen LogP contribution in [0.3, 0.4) is 0 Å². The molecule has 1 aliphatic heterocycles. The zero-order valence-electron chi connectivity index (χ0n) is 24.7. The van der Waals surface area contributed by atoms with Crippen molar-refractivity contribution in [2.24, 2.45) is 23.2 Å². The second-order valence-electron chi connectivity index (χ2n) is 12.7. The molecule has 2 aliphatic rings. The molecule has 11 heteroatoms. The highest BCUT2D eigenvalue weighted by Gasteiger charge is 2.35. The van der Waals surface area contributed by atoms with Gasteiger partial charge in [0.15, 0.2) is 0 Å². The van der Waals surface area contributed by atoms with Crippen LogP contribution in [-0.4, -0.2) is 47.4 Å². The Morgan fingerprint density at radius 2 is 1.56 bits per heavy atom. The van der Waals surface area contributed by atoms with Crippen LogP contribution in [0.5, 0.6) is 5.75 Å². The molecule has 2 unspecified atom stereocenters. The Morgan fingerprint density at radius 1 is 0.930 bits per heavy atom. The second-order valence-corrected chi connectivity index (χ2v) is 12.7. The number of urea groups is 1. The number of nitrogens with one attached hydrogen (secondary N) is 2. The molecule has 0 bridgehead atoms. The molecule has 0 radical (unpaired) electrons. The number of carboxylic acid groups (broad SMARTS) is 1. The summed E-state index contributed by atoms with van der Waals surface area (Å²) in [4.78, 5) is 39.3. The van der Waals surface area contributed by atoms with E-state index in [1.54, 1.807) is 17.0 Å². The molecule has 2 aromatic carbocycles. The van der Waals surface area contributed by atoms with E-state index >= 15 is 0 Å². The first-order valence-corrected chi connectivity index (χ1v) is 14.7. The number of carboxylic acids is 1. The van der Waals surface area contributed by atoms with Crippen LogP contribution in [0.2, 0.25) is 0 Å². The average Bonchev–Trinajstić information content (AvgIpc) is 2.95. The van der Waals surface area contributed by atoms with Crippen LogP contribution in [0.25, 0.3) is 0 Å². The Hall–Kier alpha value is -3.76. The third-order valence-corrected chi connectivity index (χ3v) is 8.67. The van der Waals surface area contributed by atoms with Crippen molar-refractivity contribution in [1.29, 1.82) is 0 Å². The number of aliphatic carboxylic acids is 1. The van der Waals surface area contributed by atoms with Gasteiger partial charge < -0.3 is 25.4 Å². The Kier molecular flexibility index (Phi) is 9.92. The topological polar surface area (TPSA) is 108 Å². The van der Waals surface area contributed by atoms with Crippen molar-refractivity contribution < 1.29 is 37.4 Å². The minimum absolute atomic E-state index is 0.145. The summed E-state index contributed by atoms with van der Waals surface area (Å²) < 4.78 is 41.4. The number of nitrogens with zero attached hydrogens (tertiary/aromatic N) is 1. The number of rotatable bonds is 7.